The van der Waals surface area contributed by atoms with Gasteiger partial charge in [-0.15, -0.1) is 10.2 Å². The van der Waals surface area contributed by atoms with E-state index in [-0.39, 0.29) is 16.6 Å². The highest BCUT2D eigenvalue weighted by Crippen LogP contribution is 2.31. The lowest BCUT2D eigenvalue weighted by atomic mass is 10.00. The molecule has 200 valence electrons. The molecule has 1 amide bonds. The van der Waals surface area contributed by atoms with Crippen LogP contribution in [0.25, 0.3) is 17.1 Å². The van der Waals surface area contributed by atoms with Crippen molar-refractivity contribution >= 4 is 27.7 Å². The molecule has 0 aliphatic carbocycles. The van der Waals surface area contributed by atoms with E-state index < -0.39 is 10.0 Å². The number of sulfonamides is 1. The zero-order valence-corrected chi connectivity index (χ0v) is 23.1. The predicted molar refractivity (Wildman–Crippen MR) is 151 cm³/mol. The van der Waals surface area contributed by atoms with Gasteiger partial charge in [-0.05, 0) is 54.7 Å². The van der Waals surface area contributed by atoms with Gasteiger partial charge in [0.25, 0.3) is 0 Å². The fraction of sp³-hybridized carbons (Fsp3) is 0.276. The number of carbonyl (C=O) groups excluding carboxylic acids is 1. The molecule has 1 saturated heterocycles. The van der Waals surface area contributed by atoms with E-state index >= 15 is 0 Å². The largest absolute Gasteiger partial charge is 0.337 e. The molecule has 8 nitrogen and oxygen atoms in total. The standard InChI is InChI=1S/C29H29N5O3S2/c35-27(32-18-15-22-9-4-5-10-24(22)20-32)21-38-29-31-30-28(34(29)25-12-2-1-3-13-25)23-11-8-14-26(19-23)39(36,37)33-16-6-7-17-33/h1-5,8-14,19H,6-7,15-18,20-21H2. The molecule has 1 aromatic heterocycles. The fourth-order valence-corrected chi connectivity index (χ4v) is 7.58. The lowest BCUT2D eigenvalue weighted by Gasteiger charge is -2.28. The van der Waals surface area contributed by atoms with Crippen molar-refractivity contribution in [1.29, 1.82) is 0 Å². The molecular weight excluding hydrogens is 530 g/mol. The summed E-state index contributed by atoms with van der Waals surface area (Å²) in [6.45, 7) is 2.41. The molecule has 39 heavy (non-hydrogen) atoms. The average Bonchev–Trinajstić information content (AvgIpc) is 3.67. The first-order valence-electron chi connectivity index (χ1n) is 13.1. The van der Waals surface area contributed by atoms with Crippen molar-refractivity contribution in [1.82, 2.24) is 24.0 Å². The molecule has 2 aliphatic rings. The molecule has 10 heteroatoms. The second kappa shape index (κ2) is 11.0. The van der Waals surface area contributed by atoms with Crippen LogP contribution in [-0.2, 0) is 27.8 Å². The molecule has 0 radical (unpaired) electrons. The van der Waals surface area contributed by atoms with Gasteiger partial charge in [-0.1, -0.05) is 66.4 Å². The van der Waals surface area contributed by atoms with E-state index in [1.54, 1.807) is 22.5 Å². The van der Waals surface area contributed by atoms with Crippen LogP contribution in [0.4, 0.5) is 0 Å². The van der Waals surface area contributed by atoms with Gasteiger partial charge in [0.05, 0.1) is 10.6 Å². The molecule has 0 atom stereocenters. The SMILES string of the molecule is O=C(CSc1nnc(-c2cccc(S(=O)(=O)N3CCCC3)c2)n1-c1ccccc1)N1CCc2ccccc2C1. The van der Waals surface area contributed by atoms with Crippen molar-refractivity contribution in [2.24, 2.45) is 0 Å². The highest BCUT2D eigenvalue weighted by molar-refractivity contribution is 7.99. The third-order valence-corrected chi connectivity index (χ3v) is 10.1. The van der Waals surface area contributed by atoms with Crippen LogP contribution in [0.3, 0.4) is 0 Å². The Balaban J connectivity index is 1.28. The van der Waals surface area contributed by atoms with Crippen LogP contribution in [0.2, 0.25) is 0 Å². The molecule has 0 bridgehead atoms. The normalized spacial score (nSPS) is 15.8. The molecule has 2 aliphatic heterocycles. The highest BCUT2D eigenvalue weighted by Gasteiger charge is 2.28. The number of hydrogen-bond donors (Lipinski definition) is 0. The topological polar surface area (TPSA) is 88.4 Å². The average molecular weight is 560 g/mol. The number of amides is 1. The van der Waals surface area contributed by atoms with Crippen molar-refractivity contribution < 1.29 is 13.2 Å². The van der Waals surface area contributed by atoms with Crippen molar-refractivity contribution in [3.8, 4) is 17.1 Å². The Hall–Kier alpha value is -3.47. The summed E-state index contributed by atoms with van der Waals surface area (Å²) in [4.78, 5) is 15.3. The zero-order valence-electron chi connectivity index (χ0n) is 21.4. The minimum Gasteiger partial charge on any atom is -0.337 e. The van der Waals surface area contributed by atoms with E-state index in [1.165, 1.54) is 22.9 Å². The Bertz CT molecular complexity index is 1600. The minimum atomic E-state index is -3.57. The molecule has 6 rings (SSSR count). The molecule has 0 unspecified atom stereocenters. The number of rotatable bonds is 7. The second-order valence-corrected chi connectivity index (χ2v) is 12.6. The number of hydrogen-bond acceptors (Lipinski definition) is 6. The maximum absolute atomic E-state index is 13.2. The second-order valence-electron chi connectivity index (χ2n) is 9.74. The van der Waals surface area contributed by atoms with Crippen molar-refractivity contribution in [3.05, 3.63) is 90.0 Å². The van der Waals surface area contributed by atoms with Gasteiger partial charge in [-0.3, -0.25) is 9.36 Å². The molecule has 4 aromatic rings. The molecule has 0 spiro atoms. The summed E-state index contributed by atoms with van der Waals surface area (Å²) < 4.78 is 29.9. The third-order valence-electron chi connectivity index (χ3n) is 7.25. The van der Waals surface area contributed by atoms with Crippen molar-refractivity contribution in [2.75, 3.05) is 25.4 Å². The van der Waals surface area contributed by atoms with Crippen LogP contribution in [0.5, 0.6) is 0 Å². The first-order chi connectivity index (χ1) is 19.0. The lowest BCUT2D eigenvalue weighted by molar-refractivity contribution is -0.129. The van der Waals surface area contributed by atoms with Crippen LogP contribution in [0.1, 0.15) is 24.0 Å². The first kappa shape index (κ1) is 25.8. The molecule has 3 aromatic carbocycles. The maximum Gasteiger partial charge on any atom is 0.243 e. The van der Waals surface area contributed by atoms with Crippen LogP contribution in [0.15, 0.2) is 88.9 Å². The van der Waals surface area contributed by atoms with Crippen LogP contribution in [0, 0.1) is 0 Å². The van der Waals surface area contributed by atoms with Gasteiger partial charge in [-0.25, -0.2) is 8.42 Å². The maximum atomic E-state index is 13.2. The summed E-state index contributed by atoms with van der Waals surface area (Å²) in [7, 11) is -3.57. The molecule has 0 N–H and O–H groups in total. The zero-order chi connectivity index (χ0) is 26.8. The number of para-hydroxylation sites is 1. The van der Waals surface area contributed by atoms with Gasteiger partial charge in [0, 0.05) is 37.4 Å². The minimum absolute atomic E-state index is 0.0531. The van der Waals surface area contributed by atoms with E-state index in [0.717, 1.165) is 24.9 Å². The van der Waals surface area contributed by atoms with E-state index in [0.29, 0.717) is 42.7 Å². The Labute approximate surface area is 232 Å². The summed E-state index contributed by atoms with van der Waals surface area (Å²) in [5, 5.41) is 9.48. The van der Waals surface area contributed by atoms with Crippen LogP contribution < -0.4 is 0 Å². The quantitative estimate of drug-likeness (QED) is 0.312. The van der Waals surface area contributed by atoms with Gasteiger partial charge < -0.3 is 4.90 Å². The smallest absolute Gasteiger partial charge is 0.243 e. The summed E-state index contributed by atoms with van der Waals surface area (Å²) in [5.74, 6) is 0.815. The molecule has 1 fully saturated rings. The Morgan fingerprint density at radius 1 is 0.846 bits per heavy atom. The highest BCUT2D eigenvalue weighted by atomic mass is 32.2. The van der Waals surface area contributed by atoms with E-state index in [1.807, 2.05) is 58.0 Å². The van der Waals surface area contributed by atoms with Crippen molar-refractivity contribution in [2.45, 2.75) is 35.9 Å². The predicted octanol–water partition coefficient (Wildman–Crippen LogP) is 4.40. The third kappa shape index (κ3) is 5.24. The van der Waals surface area contributed by atoms with Gasteiger partial charge in [0.2, 0.25) is 15.9 Å². The first-order valence-corrected chi connectivity index (χ1v) is 15.5. The van der Waals surface area contributed by atoms with Crippen LogP contribution in [-0.4, -0.2) is 63.7 Å². The Morgan fingerprint density at radius 3 is 2.38 bits per heavy atom. The van der Waals surface area contributed by atoms with Gasteiger partial charge in [0.15, 0.2) is 11.0 Å². The monoisotopic (exact) mass is 559 g/mol. The molecule has 0 saturated carbocycles. The van der Waals surface area contributed by atoms with Gasteiger partial charge in [-0.2, -0.15) is 4.31 Å². The van der Waals surface area contributed by atoms with Gasteiger partial charge in [0.1, 0.15) is 0 Å². The van der Waals surface area contributed by atoms with E-state index in [9.17, 15) is 13.2 Å². The molecular formula is C29H29N5O3S2. The number of aromatic nitrogens is 3. The summed E-state index contributed by atoms with van der Waals surface area (Å²) in [6.07, 6.45) is 2.61. The Morgan fingerprint density at radius 2 is 1.59 bits per heavy atom. The summed E-state index contributed by atoms with van der Waals surface area (Å²) in [6, 6.07) is 24.8. The number of nitrogens with zero attached hydrogens (tertiary/aromatic N) is 5. The van der Waals surface area contributed by atoms with E-state index in [2.05, 4.69) is 22.3 Å². The number of thioether (sulfide) groups is 1. The van der Waals surface area contributed by atoms with E-state index in [4.69, 9.17) is 0 Å². The summed E-state index contributed by atoms with van der Waals surface area (Å²) in [5.41, 5.74) is 3.99. The number of fused-ring (bicyclic) bond motifs is 1. The summed E-state index contributed by atoms with van der Waals surface area (Å²) >= 11 is 1.34. The Kier molecular flexibility index (Phi) is 7.24. The fourth-order valence-electron chi connectivity index (χ4n) is 5.16. The van der Waals surface area contributed by atoms with Crippen molar-refractivity contribution in [3.63, 3.8) is 0 Å². The van der Waals surface area contributed by atoms with Crippen LogP contribution >= 0.6 is 11.8 Å². The number of benzene rings is 3. The van der Waals surface area contributed by atoms with Gasteiger partial charge >= 0.3 is 0 Å². The molecule has 3 heterocycles. The number of carbonyl (C=O) groups is 1. The lowest BCUT2D eigenvalue weighted by Crippen LogP contribution is -2.37.